The van der Waals surface area contributed by atoms with Crippen LogP contribution < -0.4 is 10.6 Å². The van der Waals surface area contributed by atoms with E-state index in [1.807, 2.05) is 38.1 Å². The van der Waals surface area contributed by atoms with Crippen LogP contribution in [0.3, 0.4) is 0 Å². The van der Waals surface area contributed by atoms with Crippen molar-refractivity contribution in [1.82, 2.24) is 15.3 Å². The maximum Gasteiger partial charge on any atom is 0.270 e. The molecule has 21 heavy (non-hydrogen) atoms. The van der Waals surface area contributed by atoms with Crippen molar-refractivity contribution in [3.05, 3.63) is 52.9 Å². The Hall–Kier alpha value is -2.14. The van der Waals surface area contributed by atoms with E-state index in [1.54, 1.807) is 6.07 Å². The molecule has 0 radical (unpaired) electrons. The maximum absolute atomic E-state index is 11.9. The number of hydrogen-bond donors (Lipinski definition) is 2. The first-order valence-corrected chi connectivity index (χ1v) is 7.03. The molecule has 1 amide bonds. The summed E-state index contributed by atoms with van der Waals surface area (Å²) >= 11 is 5.84. The zero-order chi connectivity index (χ0) is 15.2. The largest absolute Gasteiger partial charge is 0.366 e. The Morgan fingerprint density at radius 1 is 1.24 bits per heavy atom. The summed E-state index contributed by atoms with van der Waals surface area (Å²) in [6.45, 7) is 4.40. The SMILES string of the molecule is CC(C)NC(=O)c1cc(NCc2ccc(Cl)cc2)ncn1. The van der Waals surface area contributed by atoms with Crippen molar-refractivity contribution in [3.63, 3.8) is 0 Å². The fraction of sp³-hybridized carbons (Fsp3) is 0.267. The second-order valence-electron chi connectivity index (χ2n) is 4.90. The van der Waals surface area contributed by atoms with E-state index in [4.69, 9.17) is 11.6 Å². The molecule has 0 spiro atoms. The minimum absolute atomic E-state index is 0.0675. The normalized spacial score (nSPS) is 10.5. The van der Waals surface area contributed by atoms with Crippen LogP contribution in [-0.4, -0.2) is 21.9 Å². The van der Waals surface area contributed by atoms with E-state index in [0.717, 1.165) is 5.56 Å². The number of carbonyl (C=O) groups excluding carboxylic acids is 1. The molecule has 1 aromatic carbocycles. The number of anilines is 1. The Morgan fingerprint density at radius 2 is 1.95 bits per heavy atom. The molecule has 2 aromatic rings. The molecule has 110 valence electrons. The molecule has 0 aliphatic heterocycles. The summed E-state index contributed by atoms with van der Waals surface area (Å²) in [5.74, 6) is 0.399. The standard InChI is InChI=1S/C15H17ClN4O/c1-10(2)20-15(21)13-7-14(19-9-18-13)17-8-11-3-5-12(16)6-4-11/h3-7,9-10H,8H2,1-2H3,(H,20,21)(H,17,18,19). The molecule has 0 saturated heterocycles. The lowest BCUT2D eigenvalue weighted by Crippen LogP contribution is -2.30. The topological polar surface area (TPSA) is 66.9 Å². The van der Waals surface area contributed by atoms with Gasteiger partial charge < -0.3 is 10.6 Å². The second-order valence-corrected chi connectivity index (χ2v) is 5.33. The van der Waals surface area contributed by atoms with Crippen LogP contribution in [0.1, 0.15) is 29.9 Å². The number of hydrogen-bond acceptors (Lipinski definition) is 4. The Bertz CT molecular complexity index is 613. The zero-order valence-corrected chi connectivity index (χ0v) is 12.7. The lowest BCUT2D eigenvalue weighted by Gasteiger charge is -2.09. The van der Waals surface area contributed by atoms with Crippen LogP contribution in [0, 0.1) is 0 Å². The highest BCUT2D eigenvalue weighted by molar-refractivity contribution is 6.30. The van der Waals surface area contributed by atoms with Gasteiger partial charge in [-0.25, -0.2) is 9.97 Å². The molecule has 0 bridgehead atoms. The number of rotatable bonds is 5. The van der Waals surface area contributed by atoms with Gasteiger partial charge >= 0.3 is 0 Å². The van der Waals surface area contributed by atoms with Gasteiger partial charge in [0.15, 0.2) is 0 Å². The highest BCUT2D eigenvalue weighted by atomic mass is 35.5. The van der Waals surface area contributed by atoms with E-state index in [1.165, 1.54) is 6.33 Å². The minimum Gasteiger partial charge on any atom is -0.366 e. The third-order valence-corrected chi connectivity index (χ3v) is 2.96. The van der Waals surface area contributed by atoms with Gasteiger partial charge in [-0.1, -0.05) is 23.7 Å². The van der Waals surface area contributed by atoms with Crippen molar-refractivity contribution < 1.29 is 4.79 Å². The quantitative estimate of drug-likeness (QED) is 0.891. The number of benzene rings is 1. The molecular weight excluding hydrogens is 288 g/mol. The van der Waals surface area contributed by atoms with Crippen LogP contribution in [0.4, 0.5) is 5.82 Å². The van der Waals surface area contributed by atoms with Gasteiger partial charge in [-0.15, -0.1) is 0 Å². The van der Waals surface area contributed by atoms with Crippen molar-refractivity contribution in [3.8, 4) is 0 Å². The van der Waals surface area contributed by atoms with Crippen molar-refractivity contribution in [2.45, 2.75) is 26.4 Å². The van der Waals surface area contributed by atoms with Gasteiger partial charge in [0.05, 0.1) is 0 Å². The van der Waals surface area contributed by atoms with E-state index in [9.17, 15) is 4.79 Å². The second kappa shape index (κ2) is 7.04. The van der Waals surface area contributed by atoms with Gasteiger partial charge in [0, 0.05) is 23.7 Å². The van der Waals surface area contributed by atoms with Crippen LogP contribution in [0.2, 0.25) is 5.02 Å². The summed E-state index contributed by atoms with van der Waals surface area (Å²) in [6.07, 6.45) is 1.37. The Morgan fingerprint density at radius 3 is 2.62 bits per heavy atom. The molecule has 1 heterocycles. The number of aromatic nitrogens is 2. The van der Waals surface area contributed by atoms with Crippen molar-refractivity contribution in [1.29, 1.82) is 0 Å². The summed E-state index contributed by atoms with van der Waals surface area (Å²) in [5, 5.41) is 6.65. The molecule has 6 heteroatoms. The highest BCUT2D eigenvalue weighted by Crippen LogP contribution is 2.11. The Balaban J connectivity index is 2.00. The van der Waals surface area contributed by atoms with Crippen molar-refractivity contribution in [2.24, 2.45) is 0 Å². The Labute approximate surface area is 128 Å². The van der Waals surface area contributed by atoms with Crippen LogP contribution in [0.5, 0.6) is 0 Å². The van der Waals surface area contributed by atoms with Gasteiger partial charge in [0.25, 0.3) is 5.91 Å². The van der Waals surface area contributed by atoms with Gasteiger partial charge in [-0.05, 0) is 31.5 Å². The summed E-state index contributed by atoms with van der Waals surface area (Å²) in [5.41, 5.74) is 1.42. The molecule has 1 aromatic heterocycles. The van der Waals surface area contributed by atoms with Crippen LogP contribution in [-0.2, 0) is 6.54 Å². The summed E-state index contributed by atoms with van der Waals surface area (Å²) in [6, 6.07) is 9.23. The average Bonchev–Trinajstić information content (AvgIpc) is 2.46. The molecule has 5 nitrogen and oxygen atoms in total. The molecule has 0 aliphatic rings. The summed E-state index contributed by atoms with van der Waals surface area (Å²) in [4.78, 5) is 20.0. The number of carbonyl (C=O) groups is 1. The first kappa shape index (κ1) is 15.3. The summed E-state index contributed by atoms with van der Waals surface area (Å²) in [7, 11) is 0. The number of nitrogens with zero attached hydrogens (tertiary/aromatic N) is 2. The number of nitrogens with one attached hydrogen (secondary N) is 2. The fourth-order valence-corrected chi connectivity index (χ4v) is 1.84. The highest BCUT2D eigenvalue weighted by Gasteiger charge is 2.09. The van der Waals surface area contributed by atoms with Crippen molar-refractivity contribution >= 4 is 23.3 Å². The van der Waals surface area contributed by atoms with E-state index >= 15 is 0 Å². The third kappa shape index (κ3) is 4.72. The number of amides is 1. The van der Waals surface area contributed by atoms with E-state index in [2.05, 4.69) is 20.6 Å². The van der Waals surface area contributed by atoms with Gasteiger partial charge in [0.1, 0.15) is 17.8 Å². The van der Waals surface area contributed by atoms with E-state index in [0.29, 0.717) is 23.1 Å². The summed E-state index contributed by atoms with van der Waals surface area (Å²) < 4.78 is 0. The molecule has 2 rings (SSSR count). The van der Waals surface area contributed by atoms with Crippen LogP contribution in [0.25, 0.3) is 0 Å². The minimum atomic E-state index is -0.207. The fourth-order valence-electron chi connectivity index (χ4n) is 1.71. The third-order valence-electron chi connectivity index (χ3n) is 2.71. The molecule has 0 aliphatic carbocycles. The van der Waals surface area contributed by atoms with E-state index in [-0.39, 0.29) is 11.9 Å². The maximum atomic E-state index is 11.9. The van der Waals surface area contributed by atoms with Crippen molar-refractivity contribution in [2.75, 3.05) is 5.32 Å². The lowest BCUT2D eigenvalue weighted by atomic mass is 10.2. The molecule has 2 N–H and O–H groups in total. The molecular formula is C15H17ClN4O. The molecule has 0 fully saturated rings. The number of halogens is 1. The Kier molecular flexibility index (Phi) is 5.11. The molecule has 0 unspecified atom stereocenters. The monoisotopic (exact) mass is 304 g/mol. The van der Waals surface area contributed by atoms with Crippen LogP contribution >= 0.6 is 11.6 Å². The predicted molar refractivity (Wildman–Crippen MR) is 83.4 cm³/mol. The molecule has 0 atom stereocenters. The first-order chi connectivity index (χ1) is 10.0. The smallest absolute Gasteiger partial charge is 0.270 e. The lowest BCUT2D eigenvalue weighted by molar-refractivity contribution is 0.0938. The van der Waals surface area contributed by atoms with E-state index < -0.39 is 0 Å². The molecule has 0 saturated carbocycles. The van der Waals surface area contributed by atoms with Gasteiger partial charge in [-0.2, -0.15) is 0 Å². The zero-order valence-electron chi connectivity index (χ0n) is 11.9. The van der Waals surface area contributed by atoms with Gasteiger partial charge in [-0.3, -0.25) is 4.79 Å². The van der Waals surface area contributed by atoms with Crippen LogP contribution in [0.15, 0.2) is 36.7 Å². The van der Waals surface area contributed by atoms with Gasteiger partial charge in [0.2, 0.25) is 0 Å². The predicted octanol–water partition coefficient (Wildman–Crippen LogP) is 2.88. The average molecular weight is 305 g/mol. The first-order valence-electron chi connectivity index (χ1n) is 6.66.